The highest BCUT2D eigenvalue weighted by Gasteiger charge is 2.61. The minimum atomic E-state index is -0.266. The molecule has 0 radical (unpaired) electrons. The van der Waals surface area contributed by atoms with Crippen LogP contribution < -0.4 is 0 Å². The molecule has 2 fully saturated rings. The second-order valence-electron chi connectivity index (χ2n) is 8.44. The van der Waals surface area contributed by atoms with Gasteiger partial charge in [0.1, 0.15) is 12.2 Å². The molecule has 4 rings (SSSR count). The van der Waals surface area contributed by atoms with Crippen LogP contribution >= 0.6 is 0 Å². The number of esters is 1. The normalized spacial score (nSPS) is 35.3. The van der Waals surface area contributed by atoms with E-state index < -0.39 is 0 Å². The molecule has 1 aromatic heterocycles. The van der Waals surface area contributed by atoms with Crippen LogP contribution in [-0.4, -0.2) is 57.8 Å². The first-order valence-electron chi connectivity index (χ1n) is 9.65. The number of carbonyl (C=O) groups is 1. The summed E-state index contributed by atoms with van der Waals surface area (Å²) in [4.78, 5) is 14.1. The first kappa shape index (κ1) is 18.4. The second kappa shape index (κ2) is 6.87. The van der Waals surface area contributed by atoms with Gasteiger partial charge in [-0.25, -0.2) is 9.48 Å². The van der Waals surface area contributed by atoms with Crippen molar-refractivity contribution in [2.24, 2.45) is 5.92 Å². The number of ether oxygens (including phenoxy) is 2. The monoisotopic (exact) mass is 372 g/mol. The minimum absolute atomic E-state index is 0.00422. The Balaban J connectivity index is 1.49. The number of hydrogen-bond donors (Lipinski definition) is 0. The van der Waals surface area contributed by atoms with Crippen molar-refractivity contribution in [2.45, 2.75) is 63.5 Å². The first-order valence-corrected chi connectivity index (χ1v) is 9.65. The van der Waals surface area contributed by atoms with Gasteiger partial charge in [-0.15, -0.1) is 5.10 Å². The van der Waals surface area contributed by atoms with Gasteiger partial charge < -0.3 is 14.4 Å². The van der Waals surface area contributed by atoms with E-state index >= 15 is 0 Å². The van der Waals surface area contributed by atoms with Crippen molar-refractivity contribution in [3.63, 3.8) is 0 Å². The van der Waals surface area contributed by atoms with Gasteiger partial charge in [-0.3, -0.25) is 0 Å². The highest BCUT2D eigenvalue weighted by atomic mass is 16.6. The molecule has 0 saturated carbocycles. The standard InChI is InChI=1S/C20H28N4O3/c1-13-16-8-7-14(10-24-12-15(21-22-24)11-23(3)4)6-5-9-20(2)18(27-20)17(16)26-19(13)25/h6,12,16-18H,1,5,7-11H2,2-4H3/b14-6+/t16-,17-,18+,20+/m0/s1. The van der Waals surface area contributed by atoms with Crippen LogP contribution in [0, 0.1) is 5.92 Å². The smallest absolute Gasteiger partial charge is 0.334 e. The molecule has 4 atom stereocenters. The third-order valence-corrected chi connectivity index (χ3v) is 5.87. The van der Waals surface area contributed by atoms with Gasteiger partial charge in [-0.05, 0) is 46.7 Å². The summed E-state index contributed by atoms with van der Waals surface area (Å²) in [7, 11) is 4.04. The lowest BCUT2D eigenvalue weighted by Crippen LogP contribution is -2.29. The minimum Gasteiger partial charge on any atom is -0.455 e. The average molecular weight is 372 g/mol. The molecule has 0 bridgehead atoms. The van der Waals surface area contributed by atoms with Gasteiger partial charge in [0.2, 0.25) is 0 Å². The maximum Gasteiger partial charge on any atom is 0.334 e. The van der Waals surface area contributed by atoms with E-state index in [1.54, 1.807) is 0 Å². The molecule has 0 aromatic carbocycles. The number of rotatable bonds is 4. The first-order chi connectivity index (χ1) is 12.9. The van der Waals surface area contributed by atoms with Crippen LogP contribution in [0.4, 0.5) is 0 Å². The van der Waals surface area contributed by atoms with E-state index in [1.165, 1.54) is 5.57 Å². The topological polar surface area (TPSA) is 72.8 Å². The summed E-state index contributed by atoms with van der Waals surface area (Å²) < 4.78 is 13.5. The quantitative estimate of drug-likeness (QED) is 0.349. The maximum atomic E-state index is 12.1. The Morgan fingerprint density at radius 1 is 1.44 bits per heavy atom. The lowest BCUT2D eigenvalue weighted by atomic mass is 9.84. The molecular weight excluding hydrogens is 344 g/mol. The molecule has 0 amide bonds. The zero-order valence-corrected chi connectivity index (χ0v) is 16.4. The van der Waals surface area contributed by atoms with Crippen molar-refractivity contribution in [1.82, 2.24) is 19.9 Å². The third kappa shape index (κ3) is 3.71. The van der Waals surface area contributed by atoms with E-state index in [1.807, 2.05) is 25.0 Å². The fourth-order valence-corrected chi connectivity index (χ4v) is 4.28. The molecule has 1 aliphatic carbocycles. The Kier molecular flexibility index (Phi) is 4.68. The number of fused-ring (bicyclic) bond motifs is 3. The van der Waals surface area contributed by atoms with Crippen molar-refractivity contribution in [3.05, 3.63) is 35.7 Å². The lowest BCUT2D eigenvalue weighted by Gasteiger charge is -2.20. The van der Waals surface area contributed by atoms with E-state index in [0.717, 1.165) is 44.5 Å². The molecule has 0 N–H and O–H groups in total. The highest BCUT2D eigenvalue weighted by Crippen LogP contribution is 2.49. The van der Waals surface area contributed by atoms with Crippen LogP contribution in [0.5, 0.6) is 0 Å². The van der Waals surface area contributed by atoms with Gasteiger partial charge in [0, 0.05) is 18.0 Å². The largest absolute Gasteiger partial charge is 0.455 e. The van der Waals surface area contributed by atoms with E-state index in [2.05, 4.69) is 34.8 Å². The summed E-state index contributed by atoms with van der Waals surface area (Å²) in [6.45, 7) is 7.59. The number of allylic oxidation sites excluding steroid dienone is 2. The second-order valence-corrected chi connectivity index (χ2v) is 8.44. The molecule has 27 heavy (non-hydrogen) atoms. The number of carbonyl (C=O) groups excluding carboxylic acids is 1. The van der Waals surface area contributed by atoms with Crippen molar-refractivity contribution >= 4 is 5.97 Å². The Labute approximate surface area is 160 Å². The Bertz CT molecular complexity index is 784. The van der Waals surface area contributed by atoms with E-state index in [0.29, 0.717) is 5.57 Å². The molecule has 0 spiro atoms. The Morgan fingerprint density at radius 3 is 3.04 bits per heavy atom. The van der Waals surface area contributed by atoms with E-state index in [4.69, 9.17) is 9.47 Å². The van der Waals surface area contributed by atoms with Crippen LogP contribution in [0.25, 0.3) is 0 Å². The van der Waals surface area contributed by atoms with Gasteiger partial charge in [0.25, 0.3) is 0 Å². The maximum absolute atomic E-state index is 12.1. The summed E-state index contributed by atoms with van der Waals surface area (Å²) in [5, 5.41) is 8.52. The number of aromatic nitrogens is 3. The molecule has 7 nitrogen and oxygen atoms in total. The molecule has 3 aliphatic rings. The zero-order chi connectivity index (χ0) is 19.2. The van der Waals surface area contributed by atoms with Crippen molar-refractivity contribution in [3.8, 4) is 0 Å². The van der Waals surface area contributed by atoms with Crippen molar-refractivity contribution < 1.29 is 14.3 Å². The van der Waals surface area contributed by atoms with Crippen LogP contribution in [0.2, 0.25) is 0 Å². The van der Waals surface area contributed by atoms with E-state index in [9.17, 15) is 4.79 Å². The lowest BCUT2D eigenvalue weighted by molar-refractivity contribution is -0.140. The molecule has 146 valence electrons. The molecule has 1 aromatic rings. The van der Waals surface area contributed by atoms with Gasteiger partial charge in [-0.2, -0.15) is 0 Å². The molecule has 0 unspecified atom stereocenters. The predicted molar refractivity (Wildman–Crippen MR) is 99.8 cm³/mol. The Hall–Kier alpha value is -1.99. The third-order valence-electron chi connectivity index (χ3n) is 5.87. The fraction of sp³-hybridized carbons (Fsp3) is 0.650. The average Bonchev–Trinajstić information content (AvgIpc) is 2.91. The number of nitrogens with zero attached hydrogens (tertiary/aromatic N) is 4. The zero-order valence-electron chi connectivity index (χ0n) is 16.4. The van der Waals surface area contributed by atoms with E-state index in [-0.39, 0.29) is 29.7 Å². The summed E-state index contributed by atoms with van der Waals surface area (Å²) in [6, 6.07) is 0. The highest BCUT2D eigenvalue weighted by molar-refractivity contribution is 5.91. The van der Waals surface area contributed by atoms with Crippen LogP contribution in [0.3, 0.4) is 0 Å². The Morgan fingerprint density at radius 2 is 2.26 bits per heavy atom. The fourth-order valence-electron chi connectivity index (χ4n) is 4.28. The number of epoxide rings is 1. The summed E-state index contributed by atoms with van der Waals surface area (Å²) >= 11 is 0. The summed E-state index contributed by atoms with van der Waals surface area (Å²) in [5.41, 5.74) is 2.67. The van der Waals surface area contributed by atoms with Crippen LogP contribution in [-0.2, 0) is 27.4 Å². The van der Waals surface area contributed by atoms with Gasteiger partial charge in [0.05, 0.1) is 24.0 Å². The predicted octanol–water partition coefficient (Wildman–Crippen LogP) is 2.10. The van der Waals surface area contributed by atoms with Crippen LogP contribution in [0.15, 0.2) is 30.0 Å². The SMILES string of the molecule is C=C1C(=O)O[C@@H]2[C@H]3O[C@]3(C)CC/C=C(/Cn3cc(CN(C)C)nn3)CC[C@@H]12. The van der Waals surface area contributed by atoms with Gasteiger partial charge in [0.15, 0.2) is 0 Å². The molecule has 2 saturated heterocycles. The molecule has 2 aliphatic heterocycles. The molecule has 3 heterocycles. The molecule has 7 heteroatoms. The summed E-state index contributed by atoms with van der Waals surface area (Å²) in [6.07, 6.45) is 7.74. The molecular formula is C20H28N4O3. The summed E-state index contributed by atoms with van der Waals surface area (Å²) in [5.74, 6) is -0.233. The number of hydrogen-bond acceptors (Lipinski definition) is 6. The van der Waals surface area contributed by atoms with Crippen molar-refractivity contribution in [2.75, 3.05) is 14.1 Å². The van der Waals surface area contributed by atoms with Gasteiger partial charge in [-0.1, -0.05) is 23.4 Å². The van der Waals surface area contributed by atoms with Crippen LogP contribution in [0.1, 0.15) is 38.3 Å². The van der Waals surface area contributed by atoms with Crippen molar-refractivity contribution in [1.29, 1.82) is 0 Å². The van der Waals surface area contributed by atoms with Gasteiger partial charge >= 0.3 is 5.97 Å².